The first-order valence-corrected chi connectivity index (χ1v) is 11.4. The molecule has 1 N–H and O–H groups in total. The summed E-state index contributed by atoms with van der Waals surface area (Å²) in [6, 6.07) is 0.297. The molecule has 0 saturated carbocycles. The second-order valence-electron chi connectivity index (χ2n) is 9.43. The smallest absolute Gasteiger partial charge is 0.426 e. The molecule has 1 unspecified atom stereocenters. The van der Waals surface area contributed by atoms with Crippen molar-refractivity contribution >= 4 is 12.0 Å². The number of piperidine rings is 1. The van der Waals surface area contributed by atoms with E-state index < -0.39 is 36.0 Å². The van der Waals surface area contributed by atoms with Crippen molar-refractivity contribution < 1.29 is 45.4 Å². The summed E-state index contributed by atoms with van der Waals surface area (Å²) >= 11 is 0. The first-order chi connectivity index (χ1) is 16.8. The maximum atomic E-state index is 12.9. The summed E-state index contributed by atoms with van der Waals surface area (Å²) < 4.78 is 87.0. The zero-order chi connectivity index (χ0) is 26.3. The molecular weight excluding hydrogens is 502 g/mol. The van der Waals surface area contributed by atoms with E-state index in [1.165, 1.54) is 0 Å². The molecule has 2 fully saturated rings. The molecule has 2 amide bonds. The fourth-order valence-corrected chi connectivity index (χ4v) is 4.60. The molecule has 0 spiro atoms. The van der Waals surface area contributed by atoms with Crippen LogP contribution in [0.15, 0.2) is 0 Å². The quantitative estimate of drug-likeness (QED) is 0.598. The van der Waals surface area contributed by atoms with Gasteiger partial charge in [0.25, 0.3) is 12.0 Å². The van der Waals surface area contributed by atoms with Crippen molar-refractivity contribution in [1.29, 1.82) is 0 Å². The molecule has 2 saturated heterocycles. The number of hydrogen-bond acceptors (Lipinski definition) is 7. The van der Waals surface area contributed by atoms with E-state index in [2.05, 4.69) is 25.2 Å². The zero-order valence-electron chi connectivity index (χ0n) is 19.4. The van der Waals surface area contributed by atoms with Crippen LogP contribution in [0.3, 0.4) is 0 Å². The third-order valence-corrected chi connectivity index (χ3v) is 6.76. The number of carbonyl (C=O) groups is 2. The first kappa shape index (κ1) is 26.4. The minimum atomic E-state index is -5.79. The zero-order valence-corrected chi connectivity index (χ0v) is 19.4. The van der Waals surface area contributed by atoms with E-state index in [4.69, 9.17) is 4.74 Å². The van der Waals surface area contributed by atoms with Crippen LogP contribution in [0.2, 0.25) is 0 Å². The van der Waals surface area contributed by atoms with Crippen LogP contribution in [0.1, 0.15) is 42.6 Å². The fourth-order valence-electron chi connectivity index (χ4n) is 4.60. The Kier molecular flexibility index (Phi) is 7.11. The molecule has 3 aliphatic heterocycles. The van der Waals surface area contributed by atoms with Crippen molar-refractivity contribution in [1.82, 2.24) is 29.9 Å². The molecule has 202 valence electrons. The number of carbonyl (C=O) groups excluding carboxylic acids is 2. The standard InChI is InChI=1S/C20H26F6N6O4/c1-18(3-5-30(6-4-18)17(34)36-16(19(21,22)23)20(24,25)26)27-15(33)14-29-28-13-10-31(7-8-32(13)14)12-2-9-35-11-12/h12,16H,2-11H2,1H3,(H,27,33). The van der Waals surface area contributed by atoms with Crippen LogP contribution in [0.25, 0.3) is 0 Å². The Morgan fingerprint density at radius 3 is 2.33 bits per heavy atom. The Hall–Kier alpha value is -2.62. The summed E-state index contributed by atoms with van der Waals surface area (Å²) in [5.74, 6) is 0.262. The second kappa shape index (κ2) is 9.68. The van der Waals surface area contributed by atoms with E-state index in [0.29, 0.717) is 44.7 Å². The number of ether oxygens (including phenoxy) is 2. The van der Waals surface area contributed by atoms with Gasteiger partial charge >= 0.3 is 18.4 Å². The van der Waals surface area contributed by atoms with Crippen LogP contribution < -0.4 is 5.32 Å². The Morgan fingerprint density at radius 2 is 1.75 bits per heavy atom. The van der Waals surface area contributed by atoms with E-state index in [-0.39, 0.29) is 31.8 Å². The number of nitrogens with zero attached hydrogens (tertiary/aromatic N) is 5. The maximum Gasteiger partial charge on any atom is 0.434 e. The van der Waals surface area contributed by atoms with Crippen molar-refractivity contribution in [3.63, 3.8) is 0 Å². The molecule has 0 aromatic carbocycles. The summed E-state index contributed by atoms with van der Waals surface area (Å²) in [6.45, 7) is 4.37. The van der Waals surface area contributed by atoms with Crippen LogP contribution in [0.5, 0.6) is 0 Å². The van der Waals surface area contributed by atoms with Gasteiger partial charge in [0.2, 0.25) is 5.82 Å². The average molecular weight is 528 g/mol. The number of hydrogen-bond donors (Lipinski definition) is 1. The minimum absolute atomic E-state index is 0.0903. The van der Waals surface area contributed by atoms with Gasteiger partial charge in [0.15, 0.2) is 0 Å². The van der Waals surface area contributed by atoms with Crippen LogP contribution in [-0.2, 0) is 22.6 Å². The number of alkyl halides is 6. The maximum absolute atomic E-state index is 12.9. The van der Waals surface area contributed by atoms with Gasteiger partial charge < -0.3 is 24.3 Å². The highest BCUT2D eigenvalue weighted by atomic mass is 19.4. The summed E-state index contributed by atoms with van der Waals surface area (Å²) in [5, 5.41) is 11.0. The lowest BCUT2D eigenvalue weighted by Crippen LogP contribution is -2.56. The molecule has 0 bridgehead atoms. The number of likely N-dealkylation sites (tertiary alicyclic amines) is 1. The highest BCUT2D eigenvalue weighted by Crippen LogP contribution is 2.36. The molecule has 1 atom stereocenters. The van der Waals surface area contributed by atoms with Gasteiger partial charge in [-0.3, -0.25) is 9.69 Å². The summed E-state index contributed by atoms with van der Waals surface area (Å²) in [6.07, 6.45) is -16.4. The van der Waals surface area contributed by atoms with Gasteiger partial charge in [0, 0.05) is 44.4 Å². The molecule has 4 heterocycles. The Labute approximate surface area is 201 Å². The minimum Gasteiger partial charge on any atom is -0.426 e. The molecule has 4 rings (SSSR count). The Balaban J connectivity index is 1.32. The van der Waals surface area contributed by atoms with E-state index in [0.717, 1.165) is 11.3 Å². The molecular formula is C20H26F6N6O4. The van der Waals surface area contributed by atoms with Crippen molar-refractivity contribution in [2.45, 2.75) is 69.3 Å². The first-order valence-electron chi connectivity index (χ1n) is 11.4. The average Bonchev–Trinajstić information content (AvgIpc) is 3.45. The van der Waals surface area contributed by atoms with Gasteiger partial charge in [0.05, 0.1) is 13.2 Å². The Bertz CT molecular complexity index is 955. The molecule has 1 aromatic heterocycles. The second-order valence-corrected chi connectivity index (χ2v) is 9.43. The van der Waals surface area contributed by atoms with E-state index >= 15 is 0 Å². The predicted molar refractivity (Wildman–Crippen MR) is 109 cm³/mol. The van der Waals surface area contributed by atoms with Crippen molar-refractivity contribution in [2.24, 2.45) is 0 Å². The Morgan fingerprint density at radius 1 is 1.08 bits per heavy atom. The van der Waals surface area contributed by atoms with Gasteiger partial charge in [-0.05, 0) is 26.2 Å². The van der Waals surface area contributed by atoms with E-state index in [1.54, 1.807) is 11.5 Å². The van der Waals surface area contributed by atoms with Crippen LogP contribution in [0, 0.1) is 0 Å². The van der Waals surface area contributed by atoms with Gasteiger partial charge in [-0.1, -0.05) is 0 Å². The topological polar surface area (TPSA) is 102 Å². The lowest BCUT2D eigenvalue weighted by Gasteiger charge is -2.39. The fraction of sp³-hybridized carbons (Fsp3) is 0.800. The summed E-state index contributed by atoms with van der Waals surface area (Å²) in [5.41, 5.74) is -0.865. The predicted octanol–water partition coefficient (Wildman–Crippen LogP) is 2.10. The SMILES string of the molecule is CC1(NC(=O)c2nnc3n2CCN(C2CCOC2)C3)CCN(C(=O)OC(C(F)(F)F)C(F)(F)F)CC1. The monoisotopic (exact) mass is 528 g/mol. The van der Waals surface area contributed by atoms with E-state index in [9.17, 15) is 35.9 Å². The number of nitrogens with one attached hydrogen (secondary N) is 1. The third-order valence-electron chi connectivity index (χ3n) is 6.76. The van der Waals surface area contributed by atoms with Crippen molar-refractivity contribution in [3.05, 3.63) is 11.6 Å². The highest BCUT2D eigenvalue weighted by Gasteiger charge is 2.60. The molecule has 10 nitrogen and oxygen atoms in total. The van der Waals surface area contributed by atoms with Gasteiger partial charge in [-0.15, -0.1) is 10.2 Å². The number of amides is 2. The molecule has 1 aromatic rings. The molecule has 0 radical (unpaired) electrons. The van der Waals surface area contributed by atoms with Crippen molar-refractivity contribution in [3.8, 4) is 0 Å². The summed E-state index contributed by atoms with van der Waals surface area (Å²) in [4.78, 5) is 27.9. The largest absolute Gasteiger partial charge is 0.434 e. The molecule has 0 aliphatic carbocycles. The van der Waals surface area contributed by atoms with Crippen LogP contribution in [-0.4, -0.2) is 99.5 Å². The van der Waals surface area contributed by atoms with Crippen molar-refractivity contribution in [2.75, 3.05) is 32.8 Å². The highest BCUT2D eigenvalue weighted by molar-refractivity contribution is 5.91. The van der Waals surface area contributed by atoms with Gasteiger partial charge in [0.1, 0.15) is 5.82 Å². The number of fused-ring (bicyclic) bond motifs is 1. The number of aromatic nitrogens is 3. The number of halogens is 6. The summed E-state index contributed by atoms with van der Waals surface area (Å²) in [7, 11) is 0. The molecule has 16 heteroatoms. The normalized spacial score (nSPS) is 23.0. The lowest BCUT2D eigenvalue weighted by molar-refractivity contribution is -0.308. The third kappa shape index (κ3) is 5.68. The molecule has 36 heavy (non-hydrogen) atoms. The molecule has 3 aliphatic rings. The van der Waals surface area contributed by atoms with Gasteiger partial charge in [-0.2, -0.15) is 26.3 Å². The van der Waals surface area contributed by atoms with Crippen LogP contribution >= 0.6 is 0 Å². The van der Waals surface area contributed by atoms with E-state index in [1.807, 2.05) is 0 Å². The number of rotatable bonds is 4. The van der Waals surface area contributed by atoms with Crippen LogP contribution in [0.4, 0.5) is 31.1 Å². The van der Waals surface area contributed by atoms with Gasteiger partial charge in [-0.25, -0.2) is 4.79 Å². The lowest BCUT2D eigenvalue weighted by atomic mass is 9.89.